The van der Waals surface area contributed by atoms with Gasteiger partial charge in [0.05, 0.1) is 0 Å². The van der Waals surface area contributed by atoms with Crippen molar-refractivity contribution in [2.24, 2.45) is 11.8 Å². The van der Waals surface area contributed by atoms with Crippen LogP contribution in [0.3, 0.4) is 0 Å². The highest BCUT2D eigenvalue weighted by molar-refractivity contribution is 9.09. The minimum atomic E-state index is 0.615. The summed E-state index contributed by atoms with van der Waals surface area (Å²) in [5, 5.41) is 2.47. The summed E-state index contributed by atoms with van der Waals surface area (Å²) in [5.41, 5.74) is 1.18. The van der Waals surface area contributed by atoms with Crippen molar-refractivity contribution in [3.8, 4) is 0 Å². The molecule has 1 aromatic rings. The second-order valence-corrected chi connectivity index (χ2v) is 5.59. The Balaban J connectivity index is 2.79. The van der Waals surface area contributed by atoms with E-state index >= 15 is 0 Å². The van der Waals surface area contributed by atoms with E-state index in [9.17, 15) is 0 Å². The second kappa shape index (κ2) is 6.12. The minimum absolute atomic E-state index is 0.615. The second-order valence-electron chi connectivity index (χ2n) is 4.10. The molecule has 1 aromatic carbocycles. The van der Waals surface area contributed by atoms with Gasteiger partial charge < -0.3 is 0 Å². The first kappa shape index (κ1) is 13.3. The Hall–Kier alpha value is 0.280. The van der Waals surface area contributed by atoms with Crippen LogP contribution in [0.1, 0.15) is 19.4 Å². The normalized spacial score (nSPS) is 13.2. The molecule has 0 fully saturated rings. The van der Waals surface area contributed by atoms with Crippen molar-refractivity contribution in [2.45, 2.75) is 20.3 Å². The standard InChI is InChI=1S/C12H15BrCl2/c1-8(2)10(7-13)5-9-3-4-11(14)6-12(9)15/h3-4,6,8,10H,5,7H2,1-2H3. The first-order chi connectivity index (χ1) is 7.04. The number of benzene rings is 1. The van der Waals surface area contributed by atoms with E-state index in [0.29, 0.717) is 16.9 Å². The molecule has 0 radical (unpaired) electrons. The van der Waals surface area contributed by atoms with Gasteiger partial charge in [-0.15, -0.1) is 0 Å². The van der Waals surface area contributed by atoms with Crippen molar-refractivity contribution in [2.75, 3.05) is 5.33 Å². The van der Waals surface area contributed by atoms with Gasteiger partial charge in [-0.3, -0.25) is 0 Å². The molecule has 1 unspecified atom stereocenters. The zero-order chi connectivity index (χ0) is 11.4. The number of alkyl halides is 1. The van der Waals surface area contributed by atoms with Crippen molar-refractivity contribution in [1.82, 2.24) is 0 Å². The molecule has 0 nitrogen and oxygen atoms in total. The van der Waals surface area contributed by atoms with Gasteiger partial charge in [0.25, 0.3) is 0 Å². The maximum absolute atomic E-state index is 6.14. The lowest BCUT2D eigenvalue weighted by Gasteiger charge is -2.18. The highest BCUT2D eigenvalue weighted by Crippen LogP contribution is 2.26. The SMILES string of the molecule is CC(C)C(CBr)Cc1ccc(Cl)cc1Cl. The highest BCUT2D eigenvalue weighted by atomic mass is 79.9. The molecule has 3 heteroatoms. The predicted octanol–water partition coefficient (Wildman–Crippen LogP) is 5.20. The van der Waals surface area contributed by atoms with Gasteiger partial charge in [0.1, 0.15) is 0 Å². The van der Waals surface area contributed by atoms with Gasteiger partial charge in [0.2, 0.25) is 0 Å². The Labute approximate surface area is 110 Å². The highest BCUT2D eigenvalue weighted by Gasteiger charge is 2.14. The van der Waals surface area contributed by atoms with Gasteiger partial charge in [-0.05, 0) is 36.0 Å². The third-order valence-electron chi connectivity index (χ3n) is 2.64. The summed E-state index contributed by atoms with van der Waals surface area (Å²) in [6.45, 7) is 4.46. The summed E-state index contributed by atoms with van der Waals surface area (Å²) in [5.74, 6) is 1.26. The van der Waals surface area contributed by atoms with E-state index < -0.39 is 0 Å². The molecule has 0 saturated carbocycles. The van der Waals surface area contributed by atoms with Crippen molar-refractivity contribution >= 4 is 39.1 Å². The fraction of sp³-hybridized carbons (Fsp3) is 0.500. The van der Waals surface area contributed by atoms with Crippen molar-refractivity contribution in [3.05, 3.63) is 33.8 Å². The van der Waals surface area contributed by atoms with Crippen molar-refractivity contribution in [3.63, 3.8) is 0 Å². The summed E-state index contributed by atoms with van der Waals surface area (Å²) in [4.78, 5) is 0. The zero-order valence-corrected chi connectivity index (χ0v) is 12.0. The topological polar surface area (TPSA) is 0 Å². The third kappa shape index (κ3) is 3.97. The van der Waals surface area contributed by atoms with Crippen LogP contribution in [0.15, 0.2) is 18.2 Å². The summed E-state index contributed by atoms with van der Waals surface area (Å²) in [6.07, 6.45) is 0.999. The van der Waals surface area contributed by atoms with E-state index in [-0.39, 0.29) is 0 Å². The van der Waals surface area contributed by atoms with Gasteiger partial charge >= 0.3 is 0 Å². The van der Waals surface area contributed by atoms with Crippen LogP contribution in [-0.2, 0) is 6.42 Å². The molecule has 0 spiro atoms. The minimum Gasteiger partial charge on any atom is -0.0925 e. The Bertz CT molecular complexity index is 323. The molecule has 1 rings (SSSR count). The number of hydrogen-bond acceptors (Lipinski definition) is 0. The summed E-state index contributed by atoms with van der Waals surface area (Å²) < 4.78 is 0. The van der Waals surface area contributed by atoms with E-state index in [1.165, 1.54) is 5.56 Å². The van der Waals surface area contributed by atoms with E-state index in [4.69, 9.17) is 23.2 Å². The van der Waals surface area contributed by atoms with Crippen LogP contribution in [0, 0.1) is 11.8 Å². The molecule has 0 bridgehead atoms. The lowest BCUT2D eigenvalue weighted by atomic mass is 9.91. The van der Waals surface area contributed by atoms with Crippen LogP contribution in [0.5, 0.6) is 0 Å². The Kier molecular flexibility index (Phi) is 5.45. The Morgan fingerprint density at radius 3 is 2.40 bits per heavy atom. The lowest BCUT2D eigenvalue weighted by Crippen LogP contribution is -2.13. The van der Waals surface area contributed by atoms with Crippen LogP contribution in [-0.4, -0.2) is 5.33 Å². The quantitative estimate of drug-likeness (QED) is 0.670. The molecular formula is C12H15BrCl2. The van der Waals surface area contributed by atoms with Gasteiger partial charge in [-0.1, -0.05) is 59.0 Å². The van der Waals surface area contributed by atoms with Crippen molar-refractivity contribution in [1.29, 1.82) is 0 Å². The monoisotopic (exact) mass is 308 g/mol. The lowest BCUT2D eigenvalue weighted by molar-refractivity contribution is 0.427. The number of rotatable bonds is 4. The molecule has 0 amide bonds. The fourth-order valence-electron chi connectivity index (χ4n) is 1.44. The van der Waals surface area contributed by atoms with E-state index in [1.54, 1.807) is 0 Å². The molecular weight excluding hydrogens is 295 g/mol. The smallest absolute Gasteiger partial charge is 0.0452 e. The molecule has 0 saturated heterocycles. The maximum atomic E-state index is 6.14. The van der Waals surface area contributed by atoms with E-state index in [0.717, 1.165) is 16.8 Å². The Morgan fingerprint density at radius 2 is 1.93 bits per heavy atom. The maximum Gasteiger partial charge on any atom is 0.0452 e. The fourth-order valence-corrected chi connectivity index (χ4v) is 2.90. The van der Waals surface area contributed by atoms with Crippen LogP contribution >= 0.6 is 39.1 Å². The van der Waals surface area contributed by atoms with E-state index in [1.807, 2.05) is 18.2 Å². The van der Waals surface area contributed by atoms with Gasteiger partial charge in [0.15, 0.2) is 0 Å². The van der Waals surface area contributed by atoms with Gasteiger partial charge in [0, 0.05) is 15.4 Å². The molecule has 84 valence electrons. The molecule has 0 N–H and O–H groups in total. The molecule has 0 aliphatic heterocycles. The number of hydrogen-bond donors (Lipinski definition) is 0. The first-order valence-corrected chi connectivity index (χ1v) is 6.92. The number of halogens is 3. The summed E-state index contributed by atoms with van der Waals surface area (Å²) >= 11 is 15.5. The van der Waals surface area contributed by atoms with Crippen molar-refractivity contribution < 1.29 is 0 Å². The molecule has 0 aliphatic rings. The average Bonchev–Trinajstić information content (AvgIpc) is 2.16. The third-order valence-corrected chi connectivity index (χ3v) is 4.06. The molecule has 1 atom stereocenters. The largest absolute Gasteiger partial charge is 0.0925 e. The molecule has 0 aliphatic carbocycles. The van der Waals surface area contributed by atoms with E-state index in [2.05, 4.69) is 29.8 Å². The van der Waals surface area contributed by atoms with Gasteiger partial charge in [-0.2, -0.15) is 0 Å². The average molecular weight is 310 g/mol. The zero-order valence-electron chi connectivity index (χ0n) is 8.93. The Morgan fingerprint density at radius 1 is 1.27 bits per heavy atom. The van der Waals surface area contributed by atoms with Crippen LogP contribution in [0.4, 0.5) is 0 Å². The molecule has 15 heavy (non-hydrogen) atoms. The molecule has 0 heterocycles. The van der Waals surface area contributed by atoms with Crippen LogP contribution < -0.4 is 0 Å². The molecule has 0 aromatic heterocycles. The van der Waals surface area contributed by atoms with Gasteiger partial charge in [-0.25, -0.2) is 0 Å². The summed E-state index contributed by atoms with van der Waals surface area (Å²) in [6, 6.07) is 5.72. The van der Waals surface area contributed by atoms with Crippen LogP contribution in [0.2, 0.25) is 10.0 Å². The predicted molar refractivity (Wildman–Crippen MR) is 72.3 cm³/mol. The van der Waals surface area contributed by atoms with Crippen LogP contribution in [0.25, 0.3) is 0 Å². The summed E-state index contributed by atoms with van der Waals surface area (Å²) in [7, 11) is 0. The first-order valence-electron chi connectivity index (χ1n) is 5.04.